The third kappa shape index (κ3) is 4.02. The number of para-hydroxylation sites is 1. The molecular weight excluding hydrogens is 364 g/mol. The Morgan fingerprint density at radius 3 is 2.67 bits per heavy atom. The second-order valence-electron chi connectivity index (χ2n) is 6.72. The molecule has 1 fully saturated rings. The SMILES string of the molecule is CC(C)c1nnc(NC(=O)CSc2nnc(C3CC3)n2-c2ccccc2)o1. The number of carbonyl (C=O) groups is 1. The van der Waals surface area contributed by atoms with Gasteiger partial charge in [0.25, 0.3) is 0 Å². The Morgan fingerprint density at radius 2 is 2.00 bits per heavy atom. The van der Waals surface area contributed by atoms with Crippen LogP contribution in [0.4, 0.5) is 6.01 Å². The van der Waals surface area contributed by atoms with Gasteiger partial charge in [-0.15, -0.1) is 15.3 Å². The molecule has 1 saturated carbocycles. The Labute approximate surface area is 160 Å². The maximum absolute atomic E-state index is 12.2. The molecule has 1 aliphatic carbocycles. The van der Waals surface area contributed by atoms with Crippen molar-refractivity contribution in [2.24, 2.45) is 0 Å². The van der Waals surface area contributed by atoms with E-state index in [-0.39, 0.29) is 23.6 Å². The van der Waals surface area contributed by atoms with Crippen molar-refractivity contribution in [3.8, 4) is 5.69 Å². The van der Waals surface area contributed by atoms with E-state index in [0.29, 0.717) is 17.0 Å². The van der Waals surface area contributed by atoms with E-state index in [9.17, 15) is 4.79 Å². The number of carbonyl (C=O) groups excluding carboxylic acids is 1. The summed E-state index contributed by atoms with van der Waals surface area (Å²) in [6.45, 7) is 3.89. The largest absolute Gasteiger partial charge is 0.408 e. The number of nitrogens with zero attached hydrogens (tertiary/aromatic N) is 5. The quantitative estimate of drug-likeness (QED) is 0.623. The van der Waals surface area contributed by atoms with Crippen molar-refractivity contribution in [2.75, 3.05) is 11.1 Å². The lowest BCUT2D eigenvalue weighted by molar-refractivity contribution is -0.113. The molecule has 0 spiro atoms. The average Bonchev–Trinajstić information content (AvgIpc) is 3.25. The molecular formula is C18H20N6O2S. The third-order valence-electron chi connectivity index (χ3n) is 4.13. The van der Waals surface area contributed by atoms with Crippen molar-refractivity contribution in [1.82, 2.24) is 25.0 Å². The van der Waals surface area contributed by atoms with Crippen LogP contribution >= 0.6 is 11.8 Å². The van der Waals surface area contributed by atoms with Crippen molar-refractivity contribution in [2.45, 2.75) is 43.7 Å². The predicted molar refractivity (Wildman–Crippen MR) is 101 cm³/mol. The molecule has 0 radical (unpaired) electrons. The summed E-state index contributed by atoms with van der Waals surface area (Å²) < 4.78 is 7.45. The minimum Gasteiger partial charge on any atom is -0.408 e. The summed E-state index contributed by atoms with van der Waals surface area (Å²) in [4.78, 5) is 12.2. The highest BCUT2D eigenvalue weighted by Gasteiger charge is 2.31. The van der Waals surface area contributed by atoms with Gasteiger partial charge in [0.1, 0.15) is 5.82 Å². The Balaban J connectivity index is 1.45. The van der Waals surface area contributed by atoms with Gasteiger partial charge in [-0.25, -0.2) is 0 Å². The second-order valence-corrected chi connectivity index (χ2v) is 7.67. The number of anilines is 1. The molecule has 0 saturated heterocycles. The maximum Gasteiger partial charge on any atom is 0.322 e. The van der Waals surface area contributed by atoms with Gasteiger partial charge in [-0.2, -0.15) is 0 Å². The van der Waals surface area contributed by atoms with Gasteiger partial charge >= 0.3 is 6.01 Å². The zero-order chi connectivity index (χ0) is 18.8. The van der Waals surface area contributed by atoms with Crippen LogP contribution in [0.15, 0.2) is 39.9 Å². The van der Waals surface area contributed by atoms with Gasteiger partial charge in [-0.1, -0.05) is 48.9 Å². The first kappa shape index (κ1) is 17.7. The molecule has 2 heterocycles. The molecule has 9 heteroatoms. The van der Waals surface area contributed by atoms with Gasteiger partial charge in [0, 0.05) is 17.5 Å². The molecule has 0 bridgehead atoms. The number of thioether (sulfide) groups is 1. The van der Waals surface area contributed by atoms with Gasteiger partial charge in [0.05, 0.1) is 5.75 Å². The maximum atomic E-state index is 12.2. The molecule has 1 amide bonds. The molecule has 1 aromatic carbocycles. The minimum atomic E-state index is -0.227. The number of benzene rings is 1. The van der Waals surface area contributed by atoms with Crippen LogP contribution in [0.2, 0.25) is 0 Å². The first-order valence-corrected chi connectivity index (χ1v) is 9.87. The number of nitrogens with one attached hydrogen (secondary N) is 1. The number of hydrogen-bond acceptors (Lipinski definition) is 7. The van der Waals surface area contributed by atoms with Crippen LogP contribution in [0.5, 0.6) is 0 Å². The van der Waals surface area contributed by atoms with E-state index in [2.05, 4.69) is 25.7 Å². The van der Waals surface area contributed by atoms with Gasteiger partial charge in [-0.05, 0) is 25.0 Å². The fourth-order valence-corrected chi connectivity index (χ4v) is 3.36. The molecule has 0 aliphatic heterocycles. The van der Waals surface area contributed by atoms with Crippen LogP contribution in [0.1, 0.15) is 50.2 Å². The lowest BCUT2D eigenvalue weighted by Crippen LogP contribution is -2.15. The molecule has 8 nitrogen and oxygen atoms in total. The van der Waals surface area contributed by atoms with Crippen molar-refractivity contribution < 1.29 is 9.21 Å². The van der Waals surface area contributed by atoms with Gasteiger partial charge in [0.15, 0.2) is 5.16 Å². The summed E-state index contributed by atoms with van der Waals surface area (Å²) in [5.74, 6) is 1.97. The van der Waals surface area contributed by atoms with E-state index in [1.165, 1.54) is 11.8 Å². The predicted octanol–water partition coefficient (Wildman–Crippen LogP) is 3.38. The molecule has 3 aromatic rings. The first-order valence-electron chi connectivity index (χ1n) is 8.88. The highest BCUT2D eigenvalue weighted by Crippen LogP contribution is 2.41. The van der Waals surface area contributed by atoms with Crippen LogP contribution in [-0.4, -0.2) is 36.6 Å². The summed E-state index contributed by atoms with van der Waals surface area (Å²) in [6.07, 6.45) is 2.26. The van der Waals surface area contributed by atoms with Crippen LogP contribution in [-0.2, 0) is 4.79 Å². The zero-order valence-electron chi connectivity index (χ0n) is 15.1. The Kier molecular flexibility index (Phi) is 4.93. The van der Waals surface area contributed by atoms with Crippen molar-refractivity contribution in [3.05, 3.63) is 42.0 Å². The average molecular weight is 384 g/mol. The summed E-state index contributed by atoms with van der Waals surface area (Å²) in [5, 5.41) is 19.7. The normalized spacial score (nSPS) is 13.9. The Bertz CT molecular complexity index is 932. The van der Waals surface area contributed by atoms with Gasteiger partial charge < -0.3 is 4.42 Å². The number of amides is 1. The molecule has 0 atom stereocenters. The standard InChI is InChI=1S/C18H20N6O2S/c1-11(2)16-21-22-17(26-16)19-14(25)10-27-18-23-20-15(12-8-9-12)24(18)13-6-4-3-5-7-13/h3-7,11-12H,8-10H2,1-2H3,(H,19,22,25). The summed E-state index contributed by atoms with van der Waals surface area (Å²) in [5.41, 5.74) is 1.01. The van der Waals surface area contributed by atoms with Crippen molar-refractivity contribution in [1.29, 1.82) is 0 Å². The van der Waals surface area contributed by atoms with E-state index in [1.807, 2.05) is 48.7 Å². The highest BCUT2D eigenvalue weighted by molar-refractivity contribution is 7.99. The number of aromatic nitrogens is 5. The minimum absolute atomic E-state index is 0.114. The first-order chi connectivity index (χ1) is 13.1. The molecule has 0 unspecified atom stereocenters. The zero-order valence-corrected chi connectivity index (χ0v) is 15.9. The topological polar surface area (TPSA) is 98.7 Å². The van der Waals surface area contributed by atoms with Gasteiger partial charge in [-0.3, -0.25) is 14.7 Å². The Morgan fingerprint density at radius 1 is 1.22 bits per heavy atom. The fraction of sp³-hybridized carbons (Fsp3) is 0.389. The van der Waals surface area contributed by atoms with Crippen LogP contribution in [0.3, 0.4) is 0 Å². The fourth-order valence-electron chi connectivity index (χ4n) is 2.60. The summed E-state index contributed by atoms with van der Waals surface area (Å²) >= 11 is 1.34. The molecule has 27 heavy (non-hydrogen) atoms. The van der Waals surface area contributed by atoms with E-state index in [4.69, 9.17) is 4.42 Å². The van der Waals surface area contributed by atoms with Crippen LogP contribution < -0.4 is 5.32 Å². The molecule has 140 valence electrons. The van der Waals surface area contributed by atoms with E-state index in [0.717, 1.165) is 24.4 Å². The monoisotopic (exact) mass is 384 g/mol. The smallest absolute Gasteiger partial charge is 0.322 e. The lowest BCUT2D eigenvalue weighted by atomic mass is 10.2. The third-order valence-corrected chi connectivity index (χ3v) is 5.06. The van der Waals surface area contributed by atoms with Crippen molar-refractivity contribution in [3.63, 3.8) is 0 Å². The van der Waals surface area contributed by atoms with E-state index < -0.39 is 0 Å². The van der Waals surface area contributed by atoms with E-state index >= 15 is 0 Å². The van der Waals surface area contributed by atoms with E-state index in [1.54, 1.807) is 0 Å². The molecule has 4 rings (SSSR count). The van der Waals surface area contributed by atoms with Crippen molar-refractivity contribution >= 4 is 23.7 Å². The Hall–Kier alpha value is -2.68. The lowest BCUT2D eigenvalue weighted by Gasteiger charge is -2.09. The van der Waals surface area contributed by atoms with Gasteiger partial charge in [0.2, 0.25) is 11.8 Å². The number of rotatable bonds is 7. The molecule has 1 N–H and O–H groups in total. The van der Waals surface area contributed by atoms with Crippen LogP contribution in [0, 0.1) is 0 Å². The highest BCUT2D eigenvalue weighted by atomic mass is 32.2. The second kappa shape index (κ2) is 7.51. The summed E-state index contributed by atoms with van der Waals surface area (Å²) in [7, 11) is 0. The summed E-state index contributed by atoms with van der Waals surface area (Å²) in [6, 6.07) is 10.1. The molecule has 1 aliphatic rings. The number of hydrogen-bond donors (Lipinski definition) is 1. The molecule has 2 aromatic heterocycles. The van der Waals surface area contributed by atoms with Crippen LogP contribution in [0.25, 0.3) is 5.69 Å².